The van der Waals surface area contributed by atoms with Gasteiger partial charge in [-0.3, -0.25) is 4.90 Å². The highest BCUT2D eigenvalue weighted by Crippen LogP contribution is 2.19. The van der Waals surface area contributed by atoms with E-state index in [1.807, 2.05) is 12.1 Å². The first-order valence-corrected chi connectivity index (χ1v) is 9.67. The Balaban J connectivity index is 1.68. The van der Waals surface area contributed by atoms with E-state index < -0.39 is 10.0 Å². The van der Waals surface area contributed by atoms with Crippen LogP contribution in [0, 0.1) is 13.8 Å². The third-order valence-corrected chi connectivity index (χ3v) is 5.94. The van der Waals surface area contributed by atoms with Crippen molar-refractivity contribution in [3.05, 3.63) is 46.8 Å². The Morgan fingerprint density at radius 3 is 2.58 bits per heavy atom. The number of aromatic nitrogens is 1. The molecule has 0 aliphatic carbocycles. The van der Waals surface area contributed by atoms with Gasteiger partial charge in [0, 0.05) is 13.1 Å². The van der Waals surface area contributed by atoms with Crippen molar-refractivity contribution in [1.82, 2.24) is 14.8 Å². The molecule has 7 heteroatoms. The Bertz CT molecular complexity index is 789. The summed E-state index contributed by atoms with van der Waals surface area (Å²) in [7, 11) is -3.63. The van der Waals surface area contributed by atoms with Crippen LogP contribution >= 0.6 is 0 Å². The van der Waals surface area contributed by atoms with Gasteiger partial charge in [0.25, 0.3) is 0 Å². The van der Waals surface area contributed by atoms with Gasteiger partial charge in [-0.25, -0.2) is 13.1 Å². The third-order valence-electron chi connectivity index (χ3n) is 4.30. The summed E-state index contributed by atoms with van der Waals surface area (Å²) >= 11 is 0. The van der Waals surface area contributed by atoms with Gasteiger partial charge in [0.05, 0.1) is 0 Å². The van der Waals surface area contributed by atoms with E-state index in [4.69, 9.17) is 4.52 Å². The zero-order valence-electron chi connectivity index (χ0n) is 14.1. The molecule has 2 heterocycles. The molecular weight excluding hydrogens is 326 g/mol. The average molecular weight is 349 g/mol. The van der Waals surface area contributed by atoms with E-state index >= 15 is 0 Å². The molecule has 0 radical (unpaired) electrons. The van der Waals surface area contributed by atoms with Gasteiger partial charge < -0.3 is 4.52 Å². The van der Waals surface area contributed by atoms with Crippen LogP contribution in [0.1, 0.15) is 35.4 Å². The van der Waals surface area contributed by atoms with E-state index in [1.54, 1.807) is 13.8 Å². The minimum Gasteiger partial charge on any atom is -0.360 e. The van der Waals surface area contributed by atoms with Crippen LogP contribution in [0.15, 0.2) is 33.7 Å². The van der Waals surface area contributed by atoms with Crippen molar-refractivity contribution in [3.63, 3.8) is 0 Å². The summed E-state index contributed by atoms with van der Waals surface area (Å²) in [6.45, 7) is 6.68. The van der Waals surface area contributed by atoms with Gasteiger partial charge in [-0.1, -0.05) is 29.4 Å². The molecular formula is C17H23N3O3S. The lowest BCUT2D eigenvalue weighted by Crippen LogP contribution is -2.24. The second kappa shape index (κ2) is 7.04. The standard InChI is InChI=1S/C17H23N3O3S/c1-13-17(14(2)23-19-13)24(21,22)18-11-15-6-5-7-16(10-15)12-20-8-3-4-9-20/h5-7,10,18H,3-4,8-9,11-12H2,1-2H3. The molecule has 6 nitrogen and oxygen atoms in total. The van der Waals surface area contributed by atoms with Crippen molar-refractivity contribution in [2.24, 2.45) is 0 Å². The second-order valence-electron chi connectivity index (χ2n) is 6.28. The van der Waals surface area contributed by atoms with Crippen LogP contribution in [0.5, 0.6) is 0 Å². The monoisotopic (exact) mass is 349 g/mol. The zero-order valence-corrected chi connectivity index (χ0v) is 14.9. The molecule has 1 aromatic carbocycles. The minimum absolute atomic E-state index is 0.135. The Kier molecular flexibility index (Phi) is 5.03. The molecule has 130 valence electrons. The predicted molar refractivity (Wildman–Crippen MR) is 91.0 cm³/mol. The summed E-state index contributed by atoms with van der Waals surface area (Å²) in [6, 6.07) is 8.06. The fourth-order valence-corrected chi connectivity index (χ4v) is 4.49. The number of sulfonamides is 1. The second-order valence-corrected chi connectivity index (χ2v) is 7.98. The van der Waals surface area contributed by atoms with E-state index in [1.165, 1.54) is 18.4 Å². The van der Waals surface area contributed by atoms with E-state index in [9.17, 15) is 8.42 Å². The fourth-order valence-electron chi connectivity index (χ4n) is 3.15. The van der Waals surface area contributed by atoms with Crippen molar-refractivity contribution in [3.8, 4) is 0 Å². The number of benzene rings is 1. The van der Waals surface area contributed by atoms with Crippen LogP contribution in [0.3, 0.4) is 0 Å². The van der Waals surface area contributed by atoms with Crippen LogP contribution in [0.2, 0.25) is 0 Å². The number of nitrogens with one attached hydrogen (secondary N) is 1. The molecule has 24 heavy (non-hydrogen) atoms. The fraction of sp³-hybridized carbons (Fsp3) is 0.471. The molecule has 1 fully saturated rings. The Hall–Kier alpha value is -1.70. The summed E-state index contributed by atoms with van der Waals surface area (Å²) in [5.41, 5.74) is 2.54. The Morgan fingerprint density at radius 1 is 1.21 bits per heavy atom. The first-order valence-electron chi connectivity index (χ1n) is 8.18. The van der Waals surface area contributed by atoms with E-state index in [0.29, 0.717) is 11.5 Å². The first kappa shape index (κ1) is 17.1. The Labute approximate surface area is 142 Å². The first-order chi connectivity index (χ1) is 11.5. The van der Waals surface area contributed by atoms with Gasteiger partial charge >= 0.3 is 0 Å². The molecule has 0 amide bonds. The van der Waals surface area contributed by atoms with Crippen LogP contribution in [0.25, 0.3) is 0 Å². The van der Waals surface area contributed by atoms with Crippen molar-refractivity contribution in [2.75, 3.05) is 13.1 Å². The van der Waals surface area contributed by atoms with Crippen molar-refractivity contribution in [2.45, 2.75) is 44.7 Å². The minimum atomic E-state index is -3.63. The van der Waals surface area contributed by atoms with Gasteiger partial charge in [-0.05, 0) is 50.9 Å². The van der Waals surface area contributed by atoms with Crippen LogP contribution in [-0.2, 0) is 23.1 Å². The molecule has 1 N–H and O–H groups in total. The lowest BCUT2D eigenvalue weighted by molar-refractivity contribution is 0.331. The quantitative estimate of drug-likeness (QED) is 0.866. The number of likely N-dealkylation sites (tertiary alicyclic amines) is 1. The number of nitrogens with zero attached hydrogens (tertiary/aromatic N) is 2. The molecule has 1 aromatic heterocycles. The zero-order chi connectivity index (χ0) is 17.2. The smallest absolute Gasteiger partial charge is 0.246 e. The topological polar surface area (TPSA) is 75.4 Å². The molecule has 1 aliphatic heterocycles. The van der Waals surface area contributed by atoms with Gasteiger partial charge in [0.1, 0.15) is 10.6 Å². The van der Waals surface area contributed by atoms with Crippen LogP contribution in [-0.4, -0.2) is 31.6 Å². The van der Waals surface area contributed by atoms with E-state index in [-0.39, 0.29) is 11.4 Å². The highest BCUT2D eigenvalue weighted by Gasteiger charge is 2.23. The molecule has 0 unspecified atom stereocenters. The molecule has 0 atom stereocenters. The molecule has 1 saturated heterocycles. The highest BCUT2D eigenvalue weighted by molar-refractivity contribution is 7.89. The molecule has 1 aliphatic rings. The van der Waals surface area contributed by atoms with Crippen LogP contribution < -0.4 is 4.72 Å². The number of rotatable bonds is 6. The van der Waals surface area contributed by atoms with Gasteiger partial charge in [-0.2, -0.15) is 0 Å². The van der Waals surface area contributed by atoms with Crippen molar-refractivity contribution < 1.29 is 12.9 Å². The van der Waals surface area contributed by atoms with Crippen LogP contribution in [0.4, 0.5) is 0 Å². The van der Waals surface area contributed by atoms with Crippen molar-refractivity contribution in [1.29, 1.82) is 0 Å². The van der Waals surface area contributed by atoms with Crippen molar-refractivity contribution >= 4 is 10.0 Å². The summed E-state index contributed by atoms with van der Waals surface area (Å²) in [5, 5.41) is 3.71. The van der Waals surface area contributed by atoms with Gasteiger partial charge in [-0.15, -0.1) is 0 Å². The number of hydrogen-bond donors (Lipinski definition) is 1. The molecule has 2 aromatic rings. The lowest BCUT2D eigenvalue weighted by Gasteiger charge is -2.15. The lowest BCUT2D eigenvalue weighted by atomic mass is 10.1. The van der Waals surface area contributed by atoms with Gasteiger partial charge in [0.2, 0.25) is 10.0 Å². The largest absolute Gasteiger partial charge is 0.360 e. The average Bonchev–Trinajstić information content (AvgIpc) is 3.16. The Morgan fingerprint density at radius 2 is 1.92 bits per heavy atom. The maximum absolute atomic E-state index is 12.5. The normalized spacial score (nSPS) is 15.9. The number of hydrogen-bond acceptors (Lipinski definition) is 5. The van der Waals surface area contributed by atoms with E-state index in [0.717, 1.165) is 25.2 Å². The SMILES string of the molecule is Cc1noc(C)c1S(=O)(=O)NCc1cccc(CN2CCCC2)c1. The molecule has 0 bridgehead atoms. The molecule has 0 spiro atoms. The predicted octanol–water partition coefficient (Wildman–Crippen LogP) is 2.37. The molecule has 0 saturated carbocycles. The third kappa shape index (κ3) is 3.85. The summed E-state index contributed by atoms with van der Waals surface area (Å²) in [4.78, 5) is 2.56. The van der Waals surface area contributed by atoms with E-state index in [2.05, 4.69) is 26.9 Å². The summed E-state index contributed by atoms with van der Waals surface area (Å²) in [5.74, 6) is 0.308. The maximum Gasteiger partial charge on any atom is 0.246 e. The molecule has 3 rings (SSSR count). The maximum atomic E-state index is 12.5. The van der Waals surface area contributed by atoms with Gasteiger partial charge in [0.15, 0.2) is 5.76 Å². The summed E-state index contributed by atoms with van der Waals surface area (Å²) < 4.78 is 32.5. The highest BCUT2D eigenvalue weighted by atomic mass is 32.2. The number of aryl methyl sites for hydroxylation is 2. The summed E-state index contributed by atoms with van der Waals surface area (Å²) in [6.07, 6.45) is 2.52.